The molecule has 1 aromatic rings. The minimum absolute atomic E-state index is 0. The van der Waals surface area contributed by atoms with Gasteiger partial charge in [0, 0.05) is 11.8 Å². The first kappa shape index (κ1) is 14.9. The van der Waals surface area contributed by atoms with Crippen LogP contribution in [0.3, 0.4) is 0 Å². The minimum atomic E-state index is -3.31. The van der Waals surface area contributed by atoms with E-state index in [9.17, 15) is 13.2 Å². The van der Waals surface area contributed by atoms with Crippen LogP contribution in [-0.2, 0) is 16.3 Å². The van der Waals surface area contributed by atoms with Gasteiger partial charge in [0.15, 0.2) is 9.84 Å². The first-order valence-corrected chi connectivity index (χ1v) is 6.38. The highest BCUT2D eigenvalue weighted by molar-refractivity contribution is 7.90. The molecule has 0 saturated heterocycles. The van der Waals surface area contributed by atoms with Crippen molar-refractivity contribution in [1.29, 1.82) is 0 Å². The first-order chi connectivity index (χ1) is 6.88. The fourth-order valence-electron chi connectivity index (χ4n) is 1.51. The number of nitrogens with two attached hydrogens (primary N) is 1. The lowest BCUT2D eigenvalue weighted by Crippen LogP contribution is -2.15. The summed E-state index contributed by atoms with van der Waals surface area (Å²) in [5, 5.41) is 0. The molecule has 0 unspecified atom stereocenters. The van der Waals surface area contributed by atoms with Gasteiger partial charge >= 0.3 is 0 Å². The predicted octanol–water partition coefficient (Wildman–Crippen LogP) is 1.17. The first-order valence-electron chi connectivity index (χ1n) is 4.49. The third kappa shape index (κ3) is 2.96. The Labute approximate surface area is 101 Å². The molecule has 0 fully saturated rings. The molecule has 0 aliphatic carbocycles. The molecule has 0 radical (unpaired) electrons. The molecule has 1 aromatic carbocycles. The van der Waals surface area contributed by atoms with Crippen LogP contribution in [0.4, 0.5) is 0 Å². The van der Waals surface area contributed by atoms with E-state index in [2.05, 4.69) is 0 Å². The maximum absolute atomic E-state index is 11.4. The van der Waals surface area contributed by atoms with E-state index < -0.39 is 15.7 Å². The van der Waals surface area contributed by atoms with E-state index in [1.165, 1.54) is 18.2 Å². The fraction of sp³-hybridized carbons (Fsp3) is 0.300. The number of hydrogen-bond acceptors (Lipinski definition) is 3. The molecule has 0 saturated carbocycles. The average molecular weight is 264 g/mol. The van der Waals surface area contributed by atoms with Gasteiger partial charge in [0.1, 0.15) is 0 Å². The van der Waals surface area contributed by atoms with E-state index in [1.807, 2.05) is 0 Å². The van der Waals surface area contributed by atoms with Crippen molar-refractivity contribution in [2.45, 2.75) is 18.2 Å². The number of sulfone groups is 1. The molecule has 0 aliphatic heterocycles. The summed E-state index contributed by atoms with van der Waals surface area (Å²) >= 11 is 0. The number of hydrogen-bond donors (Lipinski definition) is 1. The van der Waals surface area contributed by atoms with Gasteiger partial charge in [-0.2, -0.15) is 0 Å². The van der Waals surface area contributed by atoms with Crippen LogP contribution in [0.1, 0.15) is 22.8 Å². The van der Waals surface area contributed by atoms with Crippen molar-refractivity contribution in [3.05, 3.63) is 29.3 Å². The molecule has 2 N–H and O–H groups in total. The second-order valence-electron chi connectivity index (χ2n) is 3.27. The van der Waals surface area contributed by atoms with E-state index in [4.69, 9.17) is 5.73 Å². The third-order valence-electron chi connectivity index (χ3n) is 2.15. The smallest absolute Gasteiger partial charge is 0.249 e. The molecule has 6 heteroatoms. The molecule has 1 amide bonds. The fourth-order valence-corrected chi connectivity index (χ4v) is 2.54. The van der Waals surface area contributed by atoms with Crippen LogP contribution in [0, 0.1) is 0 Å². The van der Waals surface area contributed by atoms with Crippen LogP contribution in [0.25, 0.3) is 0 Å². The van der Waals surface area contributed by atoms with Crippen LogP contribution in [0.2, 0.25) is 0 Å². The van der Waals surface area contributed by atoms with E-state index >= 15 is 0 Å². The second kappa shape index (κ2) is 5.32. The number of amides is 1. The standard InChI is InChI=1S/C10H13NO3S.ClH/c1-3-7-8(10(11)12)5-4-6-9(7)15(2,13)14;/h4-6H,3H2,1-2H3,(H2,11,12);1H. The van der Waals surface area contributed by atoms with Gasteiger partial charge in [0.05, 0.1) is 4.90 Å². The van der Waals surface area contributed by atoms with Gasteiger partial charge in [-0.1, -0.05) is 13.0 Å². The lowest BCUT2D eigenvalue weighted by Gasteiger charge is -2.09. The Bertz CT molecular complexity index is 497. The summed E-state index contributed by atoms with van der Waals surface area (Å²) in [5.74, 6) is -0.600. The zero-order chi connectivity index (χ0) is 11.6. The van der Waals surface area contributed by atoms with E-state index in [-0.39, 0.29) is 22.9 Å². The molecule has 0 bridgehead atoms. The Balaban J connectivity index is 0.00000225. The molecule has 1 rings (SSSR count). The van der Waals surface area contributed by atoms with Crippen LogP contribution in [0.5, 0.6) is 0 Å². The monoisotopic (exact) mass is 263 g/mol. The second-order valence-corrected chi connectivity index (χ2v) is 5.26. The lowest BCUT2D eigenvalue weighted by atomic mass is 10.1. The highest BCUT2D eigenvalue weighted by atomic mass is 35.5. The lowest BCUT2D eigenvalue weighted by molar-refractivity contribution is 0.0999. The average Bonchev–Trinajstić information content (AvgIpc) is 2.15. The number of benzene rings is 1. The Morgan fingerprint density at radius 3 is 2.31 bits per heavy atom. The topological polar surface area (TPSA) is 77.2 Å². The molecule has 16 heavy (non-hydrogen) atoms. The number of primary amides is 1. The SMILES string of the molecule is CCc1c(C(N)=O)cccc1S(C)(=O)=O.Cl. The Morgan fingerprint density at radius 1 is 1.38 bits per heavy atom. The number of carbonyl (C=O) groups is 1. The summed E-state index contributed by atoms with van der Waals surface area (Å²) in [5.41, 5.74) is 5.94. The van der Waals surface area contributed by atoms with Crippen molar-refractivity contribution in [1.82, 2.24) is 0 Å². The quantitative estimate of drug-likeness (QED) is 0.889. The molecular weight excluding hydrogens is 250 g/mol. The number of halogens is 1. The molecule has 4 nitrogen and oxygen atoms in total. The van der Waals surface area contributed by atoms with Crippen LogP contribution < -0.4 is 5.73 Å². The Kier molecular flexibility index (Phi) is 4.96. The van der Waals surface area contributed by atoms with Crippen molar-refractivity contribution in [2.24, 2.45) is 5.73 Å². The molecular formula is C10H14ClNO3S. The van der Waals surface area contributed by atoms with Gasteiger partial charge in [0.25, 0.3) is 0 Å². The predicted molar refractivity (Wildman–Crippen MR) is 64.7 cm³/mol. The minimum Gasteiger partial charge on any atom is -0.366 e. The third-order valence-corrected chi connectivity index (χ3v) is 3.33. The normalized spacial score (nSPS) is 10.6. The molecule has 0 spiro atoms. The molecule has 0 atom stereocenters. The largest absolute Gasteiger partial charge is 0.366 e. The van der Waals surface area contributed by atoms with Gasteiger partial charge in [0.2, 0.25) is 5.91 Å². The van der Waals surface area contributed by atoms with Crippen LogP contribution in [-0.4, -0.2) is 20.6 Å². The van der Waals surface area contributed by atoms with Crippen LogP contribution in [0.15, 0.2) is 23.1 Å². The van der Waals surface area contributed by atoms with E-state index in [1.54, 1.807) is 6.92 Å². The Hall–Kier alpha value is -1.07. The summed E-state index contributed by atoms with van der Waals surface area (Å²) in [6, 6.07) is 4.55. The summed E-state index contributed by atoms with van der Waals surface area (Å²) in [6.45, 7) is 1.79. The van der Waals surface area contributed by atoms with Gasteiger partial charge in [-0.25, -0.2) is 8.42 Å². The van der Waals surface area contributed by atoms with Crippen molar-refractivity contribution in [3.8, 4) is 0 Å². The van der Waals surface area contributed by atoms with E-state index in [0.717, 1.165) is 6.26 Å². The van der Waals surface area contributed by atoms with E-state index in [0.29, 0.717) is 12.0 Å². The highest BCUT2D eigenvalue weighted by Gasteiger charge is 2.17. The van der Waals surface area contributed by atoms with Crippen molar-refractivity contribution >= 4 is 28.2 Å². The van der Waals surface area contributed by atoms with Gasteiger partial charge in [-0.3, -0.25) is 4.79 Å². The zero-order valence-electron chi connectivity index (χ0n) is 9.06. The molecule has 0 aliphatic rings. The Morgan fingerprint density at radius 2 is 1.94 bits per heavy atom. The van der Waals surface area contributed by atoms with Gasteiger partial charge in [-0.05, 0) is 24.1 Å². The van der Waals surface area contributed by atoms with Crippen molar-refractivity contribution in [3.63, 3.8) is 0 Å². The molecule has 90 valence electrons. The summed E-state index contributed by atoms with van der Waals surface area (Å²) in [4.78, 5) is 11.3. The highest BCUT2D eigenvalue weighted by Crippen LogP contribution is 2.20. The number of carbonyl (C=O) groups excluding carboxylic acids is 1. The molecule has 0 aromatic heterocycles. The van der Waals surface area contributed by atoms with Crippen molar-refractivity contribution < 1.29 is 13.2 Å². The summed E-state index contributed by atoms with van der Waals surface area (Å²) < 4.78 is 22.9. The van der Waals surface area contributed by atoms with Crippen LogP contribution >= 0.6 is 12.4 Å². The maximum atomic E-state index is 11.4. The van der Waals surface area contributed by atoms with Crippen molar-refractivity contribution in [2.75, 3.05) is 6.26 Å². The summed E-state index contributed by atoms with van der Waals surface area (Å²) in [7, 11) is -3.31. The zero-order valence-corrected chi connectivity index (χ0v) is 10.7. The number of rotatable bonds is 3. The van der Waals surface area contributed by atoms with Gasteiger partial charge < -0.3 is 5.73 Å². The molecule has 0 heterocycles. The van der Waals surface area contributed by atoms with Gasteiger partial charge in [-0.15, -0.1) is 12.4 Å². The summed E-state index contributed by atoms with van der Waals surface area (Å²) in [6.07, 6.45) is 1.58. The maximum Gasteiger partial charge on any atom is 0.249 e.